The Morgan fingerprint density at radius 3 is 2.34 bits per heavy atom. The molecule has 2 N–H and O–H groups in total. The summed E-state index contributed by atoms with van der Waals surface area (Å²) < 4.78 is 19.4. The molecule has 2 aliphatic rings. The van der Waals surface area contributed by atoms with Crippen LogP contribution in [0.3, 0.4) is 0 Å². The van der Waals surface area contributed by atoms with Gasteiger partial charge >= 0.3 is 0 Å². The summed E-state index contributed by atoms with van der Waals surface area (Å²) in [6.07, 6.45) is 1.34. The first-order valence-corrected chi connectivity index (χ1v) is 15.2. The minimum Gasteiger partial charge on any atom is -0.378 e. The van der Waals surface area contributed by atoms with Gasteiger partial charge in [0, 0.05) is 55.8 Å². The van der Waals surface area contributed by atoms with E-state index in [1.54, 1.807) is 42.5 Å². The molecule has 3 aromatic rings. The highest BCUT2D eigenvalue weighted by molar-refractivity contribution is 9.10. The molecule has 3 aromatic carbocycles. The number of anilines is 1. The van der Waals surface area contributed by atoms with Crippen LogP contribution in [0.4, 0.5) is 10.1 Å². The molecule has 2 heterocycles. The molecule has 0 spiro atoms. The molecular weight excluding hydrogens is 631 g/mol. The fourth-order valence-corrected chi connectivity index (χ4v) is 5.41. The van der Waals surface area contributed by atoms with Gasteiger partial charge in [0.25, 0.3) is 11.8 Å². The lowest BCUT2D eigenvalue weighted by atomic mass is 10.1. The summed E-state index contributed by atoms with van der Waals surface area (Å²) in [5, 5.41) is 6.73. The number of carbonyl (C=O) groups is 3. The molecule has 2 aliphatic heterocycles. The van der Waals surface area contributed by atoms with E-state index in [4.69, 9.17) is 4.74 Å². The second-order valence-corrected chi connectivity index (χ2v) is 11.6. The Bertz CT molecular complexity index is 1500. The van der Waals surface area contributed by atoms with E-state index in [-0.39, 0.29) is 17.4 Å². The number of ether oxygens (including phenoxy) is 1. The van der Waals surface area contributed by atoms with Crippen molar-refractivity contribution in [2.45, 2.75) is 6.54 Å². The predicted molar refractivity (Wildman–Crippen MR) is 169 cm³/mol. The molecule has 2 fully saturated rings. The van der Waals surface area contributed by atoms with Gasteiger partial charge in [-0.2, -0.15) is 5.10 Å². The Morgan fingerprint density at radius 1 is 0.886 bits per heavy atom. The Morgan fingerprint density at radius 2 is 1.61 bits per heavy atom. The molecule has 12 heteroatoms. The van der Waals surface area contributed by atoms with Crippen LogP contribution in [0.5, 0.6) is 0 Å². The molecule has 5 rings (SSSR count). The van der Waals surface area contributed by atoms with Crippen LogP contribution in [0.15, 0.2) is 76.3 Å². The molecule has 2 saturated heterocycles. The van der Waals surface area contributed by atoms with Gasteiger partial charge in [-0.05, 0) is 53.6 Å². The van der Waals surface area contributed by atoms with Gasteiger partial charge in [-0.25, -0.2) is 9.82 Å². The van der Waals surface area contributed by atoms with Gasteiger partial charge in [0.1, 0.15) is 5.82 Å². The molecule has 0 aromatic heterocycles. The zero-order valence-corrected chi connectivity index (χ0v) is 25.8. The number of rotatable bonds is 9. The number of morpholine rings is 1. The van der Waals surface area contributed by atoms with Crippen LogP contribution < -0.4 is 10.7 Å². The maximum atomic E-state index is 13.4. The number of amides is 3. The quantitative estimate of drug-likeness (QED) is 0.268. The topological polar surface area (TPSA) is 107 Å². The highest BCUT2D eigenvalue weighted by atomic mass is 79.9. The van der Waals surface area contributed by atoms with Crippen LogP contribution in [0.25, 0.3) is 0 Å². The number of nitrogens with one attached hydrogen (secondary N) is 2. The predicted octanol–water partition coefficient (Wildman–Crippen LogP) is 3.58. The second-order valence-electron chi connectivity index (χ2n) is 10.6. The van der Waals surface area contributed by atoms with Crippen molar-refractivity contribution in [1.82, 2.24) is 20.1 Å². The molecule has 0 bridgehead atoms. The molecule has 0 radical (unpaired) electrons. The third-order valence-corrected chi connectivity index (χ3v) is 8.01. The number of hydrazone groups is 1. The van der Waals surface area contributed by atoms with E-state index in [1.165, 1.54) is 18.3 Å². The van der Waals surface area contributed by atoms with Crippen molar-refractivity contribution < 1.29 is 23.5 Å². The lowest BCUT2D eigenvalue weighted by Crippen LogP contribution is -2.51. The fraction of sp³-hybridized carbons (Fsp3) is 0.312. The Balaban J connectivity index is 1.12. The molecule has 3 amide bonds. The van der Waals surface area contributed by atoms with Gasteiger partial charge < -0.3 is 15.0 Å². The van der Waals surface area contributed by atoms with Crippen LogP contribution >= 0.6 is 15.9 Å². The fourth-order valence-electron chi connectivity index (χ4n) is 5.05. The first kappa shape index (κ1) is 31.5. The van der Waals surface area contributed by atoms with Crippen molar-refractivity contribution in [3.05, 3.63) is 99.3 Å². The van der Waals surface area contributed by atoms with Crippen molar-refractivity contribution in [1.29, 1.82) is 0 Å². The third-order valence-electron chi connectivity index (χ3n) is 7.51. The van der Waals surface area contributed by atoms with Crippen LogP contribution in [0, 0.1) is 5.82 Å². The number of nitrogens with zero attached hydrogens (tertiary/aromatic N) is 4. The smallest absolute Gasteiger partial charge is 0.273 e. The number of halogens is 2. The van der Waals surface area contributed by atoms with Crippen LogP contribution in [-0.2, 0) is 16.1 Å². The van der Waals surface area contributed by atoms with Crippen molar-refractivity contribution >= 4 is 45.6 Å². The maximum Gasteiger partial charge on any atom is 0.273 e. The lowest BCUT2D eigenvalue weighted by Gasteiger charge is -2.36. The SMILES string of the molecule is O=C(Nc1ccc(Br)cc1C(=O)N/N=C/c1cccc(F)c1)c1ccc(CN2CCN(CC(=O)N3CCOCC3)CC2)cc1. The minimum absolute atomic E-state index is 0.167. The van der Waals surface area contributed by atoms with E-state index in [0.717, 1.165) is 38.3 Å². The van der Waals surface area contributed by atoms with E-state index in [0.29, 0.717) is 54.1 Å². The lowest BCUT2D eigenvalue weighted by molar-refractivity contribution is -0.136. The average Bonchev–Trinajstić information content (AvgIpc) is 3.03. The summed E-state index contributed by atoms with van der Waals surface area (Å²) in [6.45, 7) is 7.13. The van der Waals surface area contributed by atoms with Crippen LogP contribution in [0.1, 0.15) is 31.8 Å². The van der Waals surface area contributed by atoms with Gasteiger partial charge in [0.15, 0.2) is 0 Å². The minimum atomic E-state index is -0.532. The maximum absolute atomic E-state index is 13.4. The zero-order valence-electron chi connectivity index (χ0n) is 24.2. The second kappa shape index (κ2) is 15.2. The van der Waals surface area contributed by atoms with Crippen LogP contribution in [0.2, 0.25) is 0 Å². The van der Waals surface area contributed by atoms with Gasteiger partial charge in [-0.15, -0.1) is 0 Å². The molecule has 0 unspecified atom stereocenters. The summed E-state index contributed by atoms with van der Waals surface area (Å²) in [7, 11) is 0. The zero-order chi connectivity index (χ0) is 30.9. The molecule has 230 valence electrons. The molecule has 0 aliphatic carbocycles. The molecular formula is C32H34BrFN6O4. The molecule has 10 nitrogen and oxygen atoms in total. The average molecular weight is 666 g/mol. The third kappa shape index (κ3) is 8.79. The van der Waals surface area contributed by atoms with Gasteiger partial charge in [-0.3, -0.25) is 24.2 Å². The molecule has 44 heavy (non-hydrogen) atoms. The van der Waals surface area contributed by atoms with E-state index in [9.17, 15) is 18.8 Å². The summed E-state index contributed by atoms with van der Waals surface area (Å²) in [6, 6.07) is 18.2. The highest BCUT2D eigenvalue weighted by Crippen LogP contribution is 2.22. The molecule has 0 atom stereocenters. The first-order chi connectivity index (χ1) is 21.3. The van der Waals surface area contributed by atoms with Crippen molar-refractivity contribution in [2.24, 2.45) is 5.10 Å². The largest absolute Gasteiger partial charge is 0.378 e. The Labute approximate surface area is 264 Å². The van der Waals surface area contributed by atoms with E-state index in [2.05, 4.69) is 41.6 Å². The number of piperazine rings is 1. The highest BCUT2D eigenvalue weighted by Gasteiger charge is 2.23. The Hall–Kier alpha value is -3.97. The van der Waals surface area contributed by atoms with Gasteiger partial charge in [0.2, 0.25) is 5.91 Å². The van der Waals surface area contributed by atoms with Crippen molar-refractivity contribution in [2.75, 3.05) is 64.3 Å². The summed E-state index contributed by atoms with van der Waals surface area (Å²) in [5.41, 5.74) is 5.00. The number of hydrogen-bond acceptors (Lipinski definition) is 7. The normalized spacial score (nSPS) is 16.2. The van der Waals surface area contributed by atoms with E-state index >= 15 is 0 Å². The monoisotopic (exact) mass is 664 g/mol. The number of carbonyl (C=O) groups excluding carboxylic acids is 3. The van der Waals surface area contributed by atoms with Crippen molar-refractivity contribution in [3.63, 3.8) is 0 Å². The van der Waals surface area contributed by atoms with E-state index < -0.39 is 11.7 Å². The van der Waals surface area contributed by atoms with Crippen molar-refractivity contribution in [3.8, 4) is 0 Å². The molecule has 0 saturated carbocycles. The standard InChI is InChI=1S/C32H34BrFN6O4/c33-26-8-9-29(28(19-26)32(43)37-35-20-24-2-1-3-27(34)18-24)36-31(42)25-6-4-23(5-7-25)21-38-10-12-39(13-11-38)22-30(41)40-14-16-44-17-15-40/h1-9,18-20H,10-17,21-22H2,(H,36,42)(H,37,43)/b35-20+. The number of benzene rings is 3. The Kier molecular flexibility index (Phi) is 10.8. The summed E-state index contributed by atoms with van der Waals surface area (Å²) in [5.74, 6) is -1.12. The van der Waals surface area contributed by atoms with Gasteiger partial charge in [-0.1, -0.05) is 40.2 Å². The van der Waals surface area contributed by atoms with E-state index in [1.807, 2.05) is 17.0 Å². The van der Waals surface area contributed by atoms with Crippen LogP contribution in [-0.4, -0.2) is 97.7 Å². The van der Waals surface area contributed by atoms with Gasteiger partial charge in [0.05, 0.1) is 37.2 Å². The summed E-state index contributed by atoms with van der Waals surface area (Å²) in [4.78, 5) is 44.9. The number of hydrogen-bond donors (Lipinski definition) is 2. The summed E-state index contributed by atoms with van der Waals surface area (Å²) >= 11 is 3.37. The first-order valence-electron chi connectivity index (χ1n) is 14.4.